The molecule has 19 N–H and O–H groups in total. The Balaban J connectivity index is -0.000000540. The van der Waals surface area contributed by atoms with Crippen LogP contribution in [-0.4, -0.2) is 479 Å². The van der Waals surface area contributed by atoms with Crippen LogP contribution in [0.3, 0.4) is 0 Å². The van der Waals surface area contributed by atoms with Gasteiger partial charge in [-0.15, -0.1) is 0 Å². The third-order valence-corrected chi connectivity index (χ3v) is 28.8. The second kappa shape index (κ2) is 84.7. The van der Waals surface area contributed by atoms with Gasteiger partial charge >= 0.3 is 0 Å². The molecule has 1 aromatic rings. The van der Waals surface area contributed by atoms with E-state index in [1.165, 1.54) is 30.8 Å². The van der Waals surface area contributed by atoms with Crippen molar-refractivity contribution in [1.29, 1.82) is 0 Å². The van der Waals surface area contributed by atoms with Crippen molar-refractivity contribution in [3.8, 4) is 5.75 Å². The Kier molecular flexibility index (Phi) is 87.5. The third-order valence-electron chi connectivity index (χ3n) is 25.9. The molecule has 898 valence electrons. The number of Topliss-reactive ketones (excluding diaryl/α,β-unsaturated/α-hetero) is 2. The highest BCUT2D eigenvalue weighted by molar-refractivity contribution is 7.90. The van der Waals surface area contributed by atoms with Crippen LogP contribution in [0.1, 0.15) is 287 Å². The van der Waals surface area contributed by atoms with Crippen molar-refractivity contribution in [2.75, 3.05) is 199 Å². The highest BCUT2D eigenvalue weighted by Gasteiger charge is 2.48. The van der Waals surface area contributed by atoms with Gasteiger partial charge in [-0.2, -0.15) is 0 Å². The standard InChI is InChI=1S/C20H31NO6.C16H31NO6.C14H30N2O3.C14H31NO6.C14H31NO3S.C11H25NO2.C11H25NO.C10H23NO2S/c1-12(2)9-10-21(4)11-14-5-7-15(8-6-14)26-20-18(25)16(23)17(24)19(27-20)13(3)22;1-10(2)6-8-17(4)7-5-9-22-16-14(21)12(19)13(20)15(23-16)11(3)18;1-5-14(10-17,11-18)15-13(19)7-9-16(4)8-6-12(2)3;1-14(2,3)5-6-15(4)7-9(17)11(19)13(21)12(20)10(18)8-16;1-5-14(12-16)8-6-7-11-19(17,18)15(4)10-9-13(2)3;1-5-10(13)11(14)8-12(4)7-6-9(2)3;1-5-11(13)7-9-12(4)8-6-10(2)3;1-10(2,3)9-11(4)7-6-8-14(5,12)13/h5-8,12,16-20,23-25H,9-11H2,1-4H3;10,12-16,19-21H,5-9H2,1-4H3;12,17-18H,5-11H2,1-4H3,(H,15,19);9-13,16-21H,5-8H2,1-4H3;13-14,16H,5-12H2,1-4H3;9-11,13-14H,5-8H2,1-4H3;10-11,13H,5-9H2,1-4H3;6-9H2,1-5H3. The number of amides is 1. The number of rotatable bonds is 66. The van der Waals surface area contributed by atoms with Gasteiger partial charge in [0.1, 0.15) is 88.8 Å². The molecule has 0 bridgehead atoms. The molecule has 40 heteroatoms. The van der Waals surface area contributed by atoms with E-state index in [4.69, 9.17) is 29.2 Å². The van der Waals surface area contributed by atoms with Gasteiger partial charge in [0.05, 0.1) is 67.9 Å². The number of nitrogens with zero attached hydrogens (tertiary/aromatic N) is 8. The van der Waals surface area contributed by atoms with E-state index in [0.29, 0.717) is 105 Å². The first-order chi connectivity index (χ1) is 69.3. The zero-order valence-corrected chi connectivity index (χ0v) is 101. The van der Waals surface area contributed by atoms with Crippen molar-refractivity contribution >= 4 is 37.3 Å². The molecule has 0 aliphatic carbocycles. The summed E-state index contributed by atoms with van der Waals surface area (Å²) >= 11 is 0. The molecule has 19 unspecified atom stereocenters. The van der Waals surface area contributed by atoms with Crippen LogP contribution in [0.15, 0.2) is 24.3 Å². The number of carbonyl (C=O) groups is 3. The number of hydrogen-bond donors (Lipinski definition) is 19. The molecule has 0 saturated carbocycles. The van der Waals surface area contributed by atoms with E-state index < -0.39 is 148 Å². The Bertz CT molecular complexity index is 3660. The van der Waals surface area contributed by atoms with E-state index in [-0.39, 0.29) is 55.0 Å². The lowest BCUT2D eigenvalue weighted by molar-refractivity contribution is -0.290. The summed E-state index contributed by atoms with van der Waals surface area (Å²) in [4.78, 5) is 49.8. The van der Waals surface area contributed by atoms with Gasteiger partial charge < -0.3 is 150 Å². The van der Waals surface area contributed by atoms with E-state index in [1.54, 1.807) is 26.2 Å². The number of ether oxygens (including phenoxy) is 4. The number of benzene rings is 1. The van der Waals surface area contributed by atoms with E-state index in [1.807, 2.05) is 66.0 Å². The Morgan fingerprint density at radius 1 is 0.420 bits per heavy atom. The molecule has 38 nitrogen and oxygen atoms in total. The fourth-order valence-electron chi connectivity index (χ4n) is 14.7. The summed E-state index contributed by atoms with van der Waals surface area (Å²) in [5, 5.41) is 175. The lowest BCUT2D eigenvalue weighted by atomic mass is 9.92. The molecule has 2 aliphatic heterocycles. The number of ketones is 2. The number of sulfone groups is 1. The molecule has 2 heterocycles. The number of sulfonamides is 1. The first kappa shape index (κ1) is 155. The smallest absolute Gasteiger partial charge is 0.229 e. The summed E-state index contributed by atoms with van der Waals surface area (Å²) < 4.78 is 68.9. The van der Waals surface area contributed by atoms with Gasteiger partial charge in [-0.05, 0) is 275 Å². The SMILES string of the molecule is CC(=O)C1OC(OCCCN(C)CCC(C)C)C(O)C(O)C1O.CC(=O)C1OC(Oc2ccc(CN(C)CCC(C)C)cc2)C(O)C(O)C1O.CCC(CO)(CO)NC(=O)CCN(C)CCC(C)C.CCC(CO)CCCCS(=O)(=O)N(C)CCC(C)C.CCC(O)C(O)CN(C)CCC(C)C.CCC(O)CCN(C)CCC(C)C.CN(CCC(C)(C)C)CC(O)C(O)C(O)C(O)C(O)CO.CN(CCCS(C)(=O)=O)CC(C)(C)C. The lowest BCUT2D eigenvalue weighted by Crippen LogP contribution is -2.60. The largest absolute Gasteiger partial charge is 0.462 e. The Labute approximate surface area is 909 Å². The van der Waals surface area contributed by atoms with Crippen LogP contribution in [0, 0.1) is 52.3 Å². The average Bonchev–Trinajstić information content (AvgIpc) is 0.773. The summed E-state index contributed by atoms with van der Waals surface area (Å²) in [6.07, 6.45) is -5.69. The predicted molar refractivity (Wildman–Crippen MR) is 600 cm³/mol. The van der Waals surface area contributed by atoms with Gasteiger partial charge in [0.25, 0.3) is 0 Å². The minimum Gasteiger partial charge on any atom is -0.462 e. The van der Waals surface area contributed by atoms with Gasteiger partial charge in [0.15, 0.2) is 17.9 Å². The van der Waals surface area contributed by atoms with Crippen molar-refractivity contribution in [1.82, 2.24) is 43.9 Å². The highest BCUT2D eigenvalue weighted by Crippen LogP contribution is 2.28. The molecular weight excluding hydrogens is 1980 g/mol. The summed E-state index contributed by atoms with van der Waals surface area (Å²) in [6, 6.07) is 7.35. The number of nitrogens with one attached hydrogen (secondary N) is 1. The zero-order valence-electron chi connectivity index (χ0n) is 99.5. The molecule has 19 atom stereocenters. The summed E-state index contributed by atoms with van der Waals surface area (Å²) in [7, 11) is 9.83. The van der Waals surface area contributed by atoms with Gasteiger partial charge in [-0.3, -0.25) is 14.4 Å². The molecule has 0 spiro atoms. The number of unbranched alkanes of at least 4 members (excludes halogenated alkanes) is 1. The van der Waals surface area contributed by atoms with E-state index in [0.717, 1.165) is 160 Å². The number of aliphatic hydroxyl groups excluding tert-OH is 18. The minimum atomic E-state index is -3.10. The second-order valence-corrected chi connectivity index (χ2v) is 51.3. The summed E-state index contributed by atoms with van der Waals surface area (Å²) in [6.45, 7) is 61.0. The Morgan fingerprint density at radius 3 is 1.25 bits per heavy atom. The first-order valence-corrected chi connectivity index (χ1v) is 58.8. The van der Waals surface area contributed by atoms with Crippen molar-refractivity contribution in [2.45, 2.75) is 404 Å². The normalized spacial score (nSPS) is 20.2. The summed E-state index contributed by atoms with van der Waals surface area (Å²) in [5.74, 6) is 4.28. The van der Waals surface area contributed by atoms with E-state index in [9.17, 15) is 113 Å². The van der Waals surface area contributed by atoms with E-state index >= 15 is 0 Å². The topological polar surface area (TPSA) is 559 Å². The van der Waals surface area contributed by atoms with Crippen LogP contribution in [0.5, 0.6) is 5.75 Å². The molecule has 150 heavy (non-hydrogen) atoms. The molecule has 1 amide bonds. The maximum absolute atomic E-state index is 12.0. The number of carbonyl (C=O) groups excluding carboxylic acids is 3. The van der Waals surface area contributed by atoms with Crippen molar-refractivity contribution in [2.24, 2.45) is 52.3 Å². The van der Waals surface area contributed by atoms with Crippen molar-refractivity contribution in [3.63, 3.8) is 0 Å². The molecule has 2 saturated heterocycles. The predicted octanol–water partition coefficient (Wildman–Crippen LogP) is 6.57. The van der Waals surface area contributed by atoms with Crippen LogP contribution in [0.4, 0.5) is 0 Å². The Morgan fingerprint density at radius 2 is 0.833 bits per heavy atom. The number of aliphatic hydroxyl groups is 18. The van der Waals surface area contributed by atoms with Crippen LogP contribution in [0.25, 0.3) is 0 Å². The van der Waals surface area contributed by atoms with Gasteiger partial charge in [-0.1, -0.05) is 177 Å². The zero-order chi connectivity index (χ0) is 117. The van der Waals surface area contributed by atoms with Crippen LogP contribution in [-0.2, 0) is 55.0 Å². The second-order valence-electron chi connectivity index (χ2n) is 46.9. The number of hydrogen-bond acceptors (Lipinski definition) is 36. The molecule has 3 rings (SSSR count). The van der Waals surface area contributed by atoms with Crippen LogP contribution in [0.2, 0.25) is 0 Å². The molecule has 2 aliphatic rings. The first-order valence-electron chi connectivity index (χ1n) is 55.1. The van der Waals surface area contributed by atoms with E-state index in [2.05, 4.69) is 180 Å². The van der Waals surface area contributed by atoms with Crippen molar-refractivity contribution in [3.05, 3.63) is 29.8 Å². The molecule has 0 aromatic heterocycles. The number of likely N-dealkylation sites (N-methyl/N-ethyl adjacent to an activating group) is 2. The van der Waals surface area contributed by atoms with Gasteiger partial charge in [0.2, 0.25) is 22.2 Å². The fraction of sp³-hybridized carbons (Fsp3) is 0.918. The molecule has 1 aromatic carbocycles. The lowest BCUT2D eigenvalue weighted by Gasteiger charge is -2.39. The van der Waals surface area contributed by atoms with Crippen LogP contribution < -0.4 is 10.1 Å². The third kappa shape index (κ3) is 79.5. The van der Waals surface area contributed by atoms with Gasteiger partial charge in [-0.25, -0.2) is 21.1 Å². The molecule has 0 radical (unpaired) electrons. The maximum atomic E-state index is 12.0. The summed E-state index contributed by atoms with van der Waals surface area (Å²) in [5.41, 5.74) is 0.669. The average molecular weight is 2200 g/mol. The molecule has 2 fully saturated rings. The van der Waals surface area contributed by atoms with Crippen LogP contribution >= 0.6 is 0 Å². The molecular formula is C110H227N9O29S2. The monoisotopic (exact) mass is 2200 g/mol. The highest BCUT2D eigenvalue weighted by atomic mass is 32.2. The van der Waals surface area contributed by atoms with Gasteiger partial charge in [0, 0.05) is 78.7 Å². The Hall–Kier alpha value is -3.43. The quantitative estimate of drug-likeness (QED) is 0.0307. The minimum absolute atomic E-state index is 0.110. The maximum Gasteiger partial charge on any atom is 0.229 e. The van der Waals surface area contributed by atoms with Crippen molar-refractivity contribution < 1.29 is 142 Å². The fourth-order valence-corrected chi connectivity index (χ4v) is 16.6.